The fourth-order valence-corrected chi connectivity index (χ4v) is 3.37. The molecular weight excluding hydrogens is 379 g/mol. The highest BCUT2D eigenvalue weighted by molar-refractivity contribution is 6.30. The van der Waals surface area contributed by atoms with E-state index in [9.17, 15) is 4.39 Å². The molecule has 8 heteroatoms. The van der Waals surface area contributed by atoms with E-state index in [0.717, 1.165) is 13.0 Å². The lowest BCUT2D eigenvalue weighted by Crippen LogP contribution is -2.56. The molecule has 0 amide bonds. The molecular formula is C19H19ClF3N3O. The van der Waals surface area contributed by atoms with Crippen LogP contribution in [0.4, 0.5) is 13.2 Å². The molecule has 4 nitrogen and oxygen atoms in total. The molecule has 1 atom stereocenters. The van der Waals surface area contributed by atoms with Gasteiger partial charge in [-0.25, -0.2) is 13.2 Å². The SMILES string of the molecule is CC1(C)OCC(N)=NC(C)(c2cc(-c3cncc(Cl)c3)ccc2F)C1(F)F. The van der Waals surface area contributed by atoms with Gasteiger partial charge < -0.3 is 10.5 Å². The maximum Gasteiger partial charge on any atom is 0.304 e. The van der Waals surface area contributed by atoms with Crippen LogP contribution in [0.25, 0.3) is 11.1 Å². The van der Waals surface area contributed by atoms with E-state index in [-0.39, 0.29) is 18.0 Å². The van der Waals surface area contributed by atoms with E-state index in [1.807, 2.05) is 0 Å². The van der Waals surface area contributed by atoms with Gasteiger partial charge in [0.2, 0.25) is 0 Å². The molecule has 1 aromatic heterocycles. The molecule has 1 aliphatic rings. The van der Waals surface area contributed by atoms with Crippen molar-refractivity contribution in [3.05, 3.63) is 53.1 Å². The number of alkyl halides is 2. The standard InChI is InChI=1S/C19H19ClF3N3O/c1-17(2)19(22,23)18(3,26-16(24)10-27-17)14-7-11(4-5-15(14)21)12-6-13(20)9-25-8-12/h4-9H,10H2,1-3H3,(H2,24,26). The van der Waals surface area contributed by atoms with Crippen molar-refractivity contribution in [2.75, 3.05) is 6.61 Å². The molecule has 144 valence electrons. The van der Waals surface area contributed by atoms with E-state index >= 15 is 8.78 Å². The Bertz CT molecular complexity index is 917. The third-order valence-corrected chi connectivity index (χ3v) is 5.05. The third-order valence-electron chi connectivity index (χ3n) is 4.84. The summed E-state index contributed by atoms with van der Waals surface area (Å²) in [5.74, 6) is -4.49. The first kappa shape index (κ1) is 19.6. The van der Waals surface area contributed by atoms with E-state index < -0.39 is 22.9 Å². The lowest BCUT2D eigenvalue weighted by atomic mass is 9.77. The van der Waals surface area contributed by atoms with Gasteiger partial charge in [-0.15, -0.1) is 0 Å². The Labute approximate surface area is 160 Å². The number of amidine groups is 1. The van der Waals surface area contributed by atoms with Crippen molar-refractivity contribution in [3.63, 3.8) is 0 Å². The summed E-state index contributed by atoms with van der Waals surface area (Å²) in [5, 5.41) is 0.376. The number of aromatic nitrogens is 1. The molecule has 0 saturated carbocycles. The van der Waals surface area contributed by atoms with E-state index in [4.69, 9.17) is 22.1 Å². The number of halogens is 4. The fourth-order valence-electron chi connectivity index (χ4n) is 3.20. The number of ether oxygens (including phenoxy) is 1. The summed E-state index contributed by atoms with van der Waals surface area (Å²) in [6.45, 7) is 3.37. The Morgan fingerprint density at radius 1 is 1.11 bits per heavy atom. The van der Waals surface area contributed by atoms with Gasteiger partial charge in [0.15, 0.2) is 5.54 Å². The molecule has 0 radical (unpaired) electrons. The van der Waals surface area contributed by atoms with Gasteiger partial charge in [-0.05, 0) is 44.5 Å². The van der Waals surface area contributed by atoms with Crippen molar-refractivity contribution in [2.45, 2.75) is 37.8 Å². The van der Waals surface area contributed by atoms with Crippen LogP contribution in [0.5, 0.6) is 0 Å². The van der Waals surface area contributed by atoms with Crippen LogP contribution in [0, 0.1) is 5.82 Å². The normalized spacial score (nSPS) is 24.2. The molecule has 0 fully saturated rings. The molecule has 2 aromatic rings. The average molecular weight is 398 g/mol. The van der Waals surface area contributed by atoms with Crippen LogP contribution in [0.2, 0.25) is 5.02 Å². The summed E-state index contributed by atoms with van der Waals surface area (Å²) >= 11 is 5.95. The Balaban J connectivity index is 2.24. The number of pyridine rings is 1. The number of nitrogens with zero attached hydrogens (tertiary/aromatic N) is 2. The van der Waals surface area contributed by atoms with E-state index in [1.54, 1.807) is 6.07 Å². The molecule has 1 aliphatic heterocycles. The largest absolute Gasteiger partial charge is 0.385 e. The Morgan fingerprint density at radius 3 is 2.48 bits per heavy atom. The fraction of sp³-hybridized carbons (Fsp3) is 0.368. The Morgan fingerprint density at radius 2 is 1.81 bits per heavy atom. The average Bonchev–Trinajstić information content (AvgIpc) is 2.65. The van der Waals surface area contributed by atoms with Crippen molar-refractivity contribution in [1.82, 2.24) is 4.98 Å². The van der Waals surface area contributed by atoms with Gasteiger partial charge in [-0.1, -0.05) is 17.7 Å². The quantitative estimate of drug-likeness (QED) is 0.808. The Kier molecular flexibility index (Phi) is 4.72. The molecule has 1 unspecified atom stereocenters. The first-order valence-corrected chi connectivity index (χ1v) is 8.63. The minimum absolute atomic E-state index is 0.128. The molecule has 3 rings (SSSR count). The zero-order valence-corrected chi connectivity index (χ0v) is 15.8. The van der Waals surface area contributed by atoms with Crippen LogP contribution >= 0.6 is 11.6 Å². The lowest BCUT2D eigenvalue weighted by molar-refractivity contribution is -0.214. The highest BCUT2D eigenvalue weighted by atomic mass is 35.5. The second kappa shape index (κ2) is 6.49. The second-order valence-electron chi connectivity index (χ2n) is 7.14. The van der Waals surface area contributed by atoms with Crippen LogP contribution in [0.15, 0.2) is 41.7 Å². The van der Waals surface area contributed by atoms with Gasteiger partial charge in [0.05, 0.1) is 5.02 Å². The highest BCUT2D eigenvalue weighted by Gasteiger charge is 2.63. The maximum absolute atomic E-state index is 15.4. The summed E-state index contributed by atoms with van der Waals surface area (Å²) in [6, 6.07) is 5.54. The van der Waals surface area contributed by atoms with Crippen LogP contribution in [0.1, 0.15) is 26.3 Å². The number of nitrogens with two attached hydrogens (primary N) is 1. The molecule has 27 heavy (non-hydrogen) atoms. The summed E-state index contributed by atoms with van der Waals surface area (Å²) in [7, 11) is 0. The Hall–Kier alpha value is -2.12. The van der Waals surface area contributed by atoms with Gasteiger partial charge in [-0.2, -0.15) is 0 Å². The topological polar surface area (TPSA) is 60.5 Å². The summed E-state index contributed by atoms with van der Waals surface area (Å²) < 4.78 is 50.9. The predicted molar refractivity (Wildman–Crippen MR) is 98.6 cm³/mol. The number of hydrogen-bond acceptors (Lipinski definition) is 4. The monoisotopic (exact) mass is 397 g/mol. The summed E-state index contributed by atoms with van der Waals surface area (Å²) in [4.78, 5) is 7.96. The van der Waals surface area contributed by atoms with E-state index in [0.29, 0.717) is 16.1 Å². The van der Waals surface area contributed by atoms with Crippen molar-refractivity contribution in [1.29, 1.82) is 0 Å². The molecule has 1 aromatic carbocycles. The van der Waals surface area contributed by atoms with Crippen LogP contribution in [0.3, 0.4) is 0 Å². The molecule has 0 aliphatic carbocycles. The van der Waals surface area contributed by atoms with Crippen molar-refractivity contribution in [2.24, 2.45) is 10.7 Å². The summed E-state index contributed by atoms with van der Waals surface area (Å²) in [6.07, 6.45) is 2.96. The second-order valence-corrected chi connectivity index (χ2v) is 7.57. The minimum atomic E-state index is -3.55. The molecule has 0 spiro atoms. The van der Waals surface area contributed by atoms with Crippen molar-refractivity contribution in [3.8, 4) is 11.1 Å². The smallest absolute Gasteiger partial charge is 0.304 e. The predicted octanol–water partition coefficient (Wildman–Crippen LogP) is 4.56. The molecule has 2 N–H and O–H groups in total. The van der Waals surface area contributed by atoms with Crippen LogP contribution < -0.4 is 5.73 Å². The maximum atomic E-state index is 15.4. The van der Waals surface area contributed by atoms with Crippen molar-refractivity contribution >= 4 is 17.4 Å². The highest BCUT2D eigenvalue weighted by Crippen LogP contribution is 2.51. The van der Waals surface area contributed by atoms with E-state index in [1.165, 1.54) is 38.4 Å². The van der Waals surface area contributed by atoms with Gasteiger partial charge in [-0.3, -0.25) is 9.98 Å². The van der Waals surface area contributed by atoms with Crippen molar-refractivity contribution < 1.29 is 17.9 Å². The van der Waals surface area contributed by atoms with Gasteiger partial charge >= 0.3 is 5.92 Å². The third kappa shape index (κ3) is 3.19. The molecule has 2 heterocycles. The van der Waals surface area contributed by atoms with E-state index in [2.05, 4.69) is 9.98 Å². The molecule has 0 saturated heterocycles. The molecule has 0 bridgehead atoms. The number of aliphatic imine (C=N–C) groups is 1. The zero-order chi connectivity index (χ0) is 20.0. The first-order chi connectivity index (χ1) is 12.5. The lowest BCUT2D eigenvalue weighted by Gasteiger charge is -2.42. The summed E-state index contributed by atoms with van der Waals surface area (Å²) in [5.41, 5.74) is 2.34. The van der Waals surface area contributed by atoms with Gasteiger partial charge in [0.25, 0.3) is 0 Å². The zero-order valence-electron chi connectivity index (χ0n) is 15.1. The van der Waals surface area contributed by atoms with Gasteiger partial charge in [0.1, 0.15) is 23.9 Å². The minimum Gasteiger partial charge on any atom is -0.385 e. The van der Waals surface area contributed by atoms with Crippen LogP contribution in [-0.2, 0) is 10.3 Å². The number of benzene rings is 1. The van der Waals surface area contributed by atoms with Crippen LogP contribution in [-0.4, -0.2) is 29.0 Å². The van der Waals surface area contributed by atoms with Gasteiger partial charge in [0, 0.05) is 23.5 Å². The number of rotatable bonds is 2. The first-order valence-electron chi connectivity index (χ1n) is 8.25. The number of hydrogen-bond donors (Lipinski definition) is 1.